The molecule has 130 valence electrons. The van der Waals surface area contributed by atoms with Gasteiger partial charge in [-0.1, -0.05) is 17.7 Å². The molecule has 1 saturated heterocycles. The Labute approximate surface area is 155 Å². The van der Waals surface area contributed by atoms with E-state index in [2.05, 4.69) is 22.0 Å². The maximum Gasteiger partial charge on any atom is 0.240 e. The Kier molecular flexibility index (Phi) is 4.79. The van der Waals surface area contributed by atoms with Gasteiger partial charge in [0.25, 0.3) is 0 Å². The number of amides is 1. The molecule has 2 aromatic heterocycles. The number of benzene rings is 1. The van der Waals surface area contributed by atoms with Crippen LogP contribution in [0, 0.1) is 0 Å². The molecule has 25 heavy (non-hydrogen) atoms. The highest BCUT2D eigenvalue weighted by Crippen LogP contribution is 2.32. The van der Waals surface area contributed by atoms with Crippen molar-refractivity contribution in [1.29, 1.82) is 0 Å². The Balaban J connectivity index is 1.60. The molecule has 3 aromatic rings. The molecule has 6 heteroatoms. The van der Waals surface area contributed by atoms with Gasteiger partial charge in [-0.25, -0.2) is 0 Å². The number of hydrogen-bond acceptors (Lipinski definition) is 3. The van der Waals surface area contributed by atoms with Gasteiger partial charge in [0, 0.05) is 29.1 Å². The summed E-state index contributed by atoms with van der Waals surface area (Å²) in [7, 11) is 0. The minimum atomic E-state index is 0.000700. The third-order valence-electron chi connectivity index (χ3n) is 4.49. The van der Waals surface area contributed by atoms with E-state index >= 15 is 0 Å². The van der Waals surface area contributed by atoms with Crippen LogP contribution in [0.15, 0.2) is 41.8 Å². The number of rotatable bonds is 5. The first-order valence-electron chi connectivity index (χ1n) is 8.42. The summed E-state index contributed by atoms with van der Waals surface area (Å²) in [6, 6.07) is 12.0. The summed E-state index contributed by atoms with van der Waals surface area (Å²) in [6.45, 7) is 1.66. The van der Waals surface area contributed by atoms with Gasteiger partial charge in [0.1, 0.15) is 6.54 Å². The average Bonchev–Trinajstić information content (AvgIpc) is 3.34. The molecule has 0 saturated carbocycles. The van der Waals surface area contributed by atoms with E-state index in [1.807, 2.05) is 29.6 Å². The molecule has 1 aliphatic rings. The van der Waals surface area contributed by atoms with Crippen LogP contribution < -0.4 is 5.32 Å². The van der Waals surface area contributed by atoms with Crippen molar-refractivity contribution >= 4 is 39.7 Å². The van der Waals surface area contributed by atoms with Crippen LogP contribution in [0.4, 0.5) is 0 Å². The minimum Gasteiger partial charge on any atom is -0.376 e. The lowest BCUT2D eigenvalue weighted by Gasteiger charge is -2.13. The number of hydrogen-bond donors (Lipinski definition) is 1. The van der Waals surface area contributed by atoms with Crippen molar-refractivity contribution in [2.75, 3.05) is 13.2 Å². The molecule has 3 heterocycles. The van der Waals surface area contributed by atoms with Gasteiger partial charge in [-0.2, -0.15) is 0 Å². The molecular weight excluding hydrogens is 356 g/mol. The molecule has 0 bridgehead atoms. The monoisotopic (exact) mass is 374 g/mol. The zero-order valence-electron chi connectivity index (χ0n) is 13.7. The standard InChI is InChI=1S/C19H19ClN2O2S/c20-14-5-6-16-13(9-14)10-17(18-4-2-8-25-18)22(16)12-19(23)21-11-15-3-1-7-24-15/h2,4-6,8-10,15H,1,3,7,11-12H2,(H,21,23). The first-order valence-corrected chi connectivity index (χ1v) is 9.67. The lowest BCUT2D eigenvalue weighted by atomic mass is 10.2. The number of nitrogens with one attached hydrogen (secondary N) is 1. The summed E-state index contributed by atoms with van der Waals surface area (Å²) >= 11 is 7.80. The number of carbonyl (C=O) groups excluding carboxylic acids is 1. The van der Waals surface area contributed by atoms with Gasteiger partial charge >= 0.3 is 0 Å². The zero-order valence-corrected chi connectivity index (χ0v) is 15.3. The second-order valence-corrected chi connectivity index (χ2v) is 7.62. The fourth-order valence-electron chi connectivity index (χ4n) is 3.27. The van der Waals surface area contributed by atoms with Gasteiger partial charge in [0.05, 0.1) is 16.7 Å². The van der Waals surface area contributed by atoms with E-state index in [9.17, 15) is 4.79 Å². The van der Waals surface area contributed by atoms with Crippen LogP contribution in [0.1, 0.15) is 12.8 Å². The molecule has 1 amide bonds. The molecule has 1 fully saturated rings. The Morgan fingerprint density at radius 2 is 2.28 bits per heavy atom. The normalized spacial score (nSPS) is 17.2. The summed E-state index contributed by atoms with van der Waals surface area (Å²) in [5.41, 5.74) is 2.06. The molecule has 0 spiro atoms. The smallest absolute Gasteiger partial charge is 0.240 e. The van der Waals surface area contributed by atoms with E-state index in [1.54, 1.807) is 11.3 Å². The van der Waals surface area contributed by atoms with Crippen molar-refractivity contribution in [1.82, 2.24) is 9.88 Å². The van der Waals surface area contributed by atoms with Crippen molar-refractivity contribution in [3.05, 3.63) is 46.8 Å². The van der Waals surface area contributed by atoms with Crippen LogP contribution in [0.3, 0.4) is 0 Å². The Hall–Kier alpha value is -1.82. The maximum absolute atomic E-state index is 12.5. The molecule has 0 radical (unpaired) electrons. The molecule has 1 aromatic carbocycles. The van der Waals surface area contributed by atoms with Crippen LogP contribution in [-0.2, 0) is 16.1 Å². The van der Waals surface area contributed by atoms with Gasteiger partial charge in [0.2, 0.25) is 5.91 Å². The predicted octanol–water partition coefficient (Wildman–Crippen LogP) is 4.32. The number of aromatic nitrogens is 1. The zero-order chi connectivity index (χ0) is 17.2. The molecule has 4 rings (SSSR count). The van der Waals surface area contributed by atoms with Gasteiger partial charge in [-0.15, -0.1) is 11.3 Å². The van der Waals surface area contributed by atoms with E-state index in [1.165, 1.54) is 0 Å². The fraction of sp³-hybridized carbons (Fsp3) is 0.316. The van der Waals surface area contributed by atoms with Crippen molar-refractivity contribution in [2.45, 2.75) is 25.5 Å². The Bertz CT molecular complexity index is 882. The van der Waals surface area contributed by atoms with E-state index in [-0.39, 0.29) is 18.6 Å². The minimum absolute atomic E-state index is 0.000700. The third kappa shape index (κ3) is 3.59. The Morgan fingerprint density at radius 1 is 1.36 bits per heavy atom. The highest BCUT2D eigenvalue weighted by molar-refractivity contribution is 7.13. The van der Waals surface area contributed by atoms with Gasteiger partial charge < -0.3 is 14.6 Å². The van der Waals surface area contributed by atoms with Crippen molar-refractivity contribution < 1.29 is 9.53 Å². The number of nitrogens with zero attached hydrogens (tertiary/aromatic N) is 1. The number of carbonyl (C=O) groups is 1. The van der Waals surface area contributed by atoms with Crippen LogP contribution in [-0.4, -0.2) is 29.7 Å². The van der Waals surface area contributed by atoms with Gasteiger partial charge in [-0.3, -0.25) is 4.79 Å². The summed E-state index contributed by atoms with van der Waals surface area (Å²) in [6.07, 6.45) is 2.25. The first kappa shape index (κ1) is 16.6. The van der Waals surface area contributed by atoms with Crippen LogP contribution >= 0.6 is 22.9 Å². The highest BCUT2D eigenvalue weighted by Gasteiger charge is 2.18. The van der Waals surface area contributed by atoms with Crippen molar-refractivity contribution in [3.63, 3.8) is 0 Å². The number of thiophene rings is 1. The van der Waals surface area contributed by atoms with Gasteiger partial charge in [0.15, 0.2) is 0 Å². The summed E-state index contributed by atoms with van der Waals surface area (Å²) in [4.78, 5) is 13.6. The molecule has 1 N–H and O–H groups in total. The Morgan fingerprint density at radius 3 is 3.04 bits per heavy atom. The SMILES string of the molecule is O=C(Cn1c(-c2cccs2)cc2cc(Cl)ccc21)NCC1CCCO1. The molecular formula is C19H19ClN2O2S. The maximum atomic E-state index is 12.5. The van der Waals surface area contributed by atoms with E-state index < -0.39 is 0 Å². The van der Waals surface area contributed by atoms with E-state index in [0.29, 0.717) is 11.6 Å². The molecule has 1 unspecified atom stereocenters. The molecule has 1 atom stereocenters. The van der Waals surface area contributed by atoms with Crippen LogP contribution in [0.2, 0.25) is 5.02 Å². The first-order chi connectivity index (χ1) is 12.2. The number of halogens is 1. The lowest BCUT2D eigenvalue weighted by molar-refractivity contribution is -0.122. The summed E-state index contributed by atoms with van der Waals surface area (Å²) in [5.74, 6) is 0.000700. The average molecular weight is 375 g/mol. The molecule has 1 aliphatic heterocycles. The highest BCUT2D eigenvalue weighted by atomic mass is 35.5. The fourth-order valence-corrected chi connectivity index (χ4v) is 4.20. The third-order valence-corrected chi connectivity index (χ3v) is 5.62. The second-order valence-electron chi connectivity index (χ2n) is 6.24. The summed E-state index contributed by atoms with van der Waals surface area (Å²) < 4.78 is 7.63. The van der Waals surface area contributed by atoms with E-state index in [0.717, 1.165) is 40.9 Å². The molecule has 4 nitrogen and oxygen atoms in total. The number of ether oxygens (including phenoxy) is 1. The summed E-state index contributed by atoms with van der Waals surface area (Å²) in [5, 5.41) is 6.79. The second kappa shape index (κ2) is 7.20. The topological polar surface area (TPSA) is 43.3 Å². The van der Waals surface area contributed by atoms with E-state index in [4.69, 9.17) is 16.3 Å². The van der Waals surface area contributed by atoms with Crippen LogP contribution in [0.5, 0.6) is 0 Å². The molecule has 0 aliphatic carbocycles. The van der Waals surface area contributed by atoms with Gasteiger partial charge in [-0.05, 0) is 48.6 Å². The predicted molar refractivity (Wildman–Crippen MR) is 102 cm³/mol. The van der Waals surface area contributed by atoms with Crippen LogP contribution in [0.25, 0.3) is 21.5 Å². The van der Waals surface area contributed by atoms with Crippen molar-refractivity contribution in [3.8, 4) is 10.6 Å². The van der Waals surface area contributed by atoms with Crippen molar-refractivity contribution in [2.24, 2.45) is 0 Å². The number of fused-ring (bicyclic) bond motifs is 1. The lowest BCUT2D eigenvalue weighted by Crippen LogP contribution is -2.34. The largest absolute Gasteiger partial charge is 0.376 e. The quantitative estimate of drug-likeness (QED) is 0.722.